The first-order valence-corrected chi connectivity index (χ1v) is 9.32. The summed E-state index contributed by atoms with van der Waals surface area (Å²) in [7, 11) is -3.49. The van der Waals surface area contributed by atoms with E-state index in [1.165, 1.54) is 6.20 Å². The smallest absolute Gasteiger partial charge is 0.412 e. The van der Waals surface area contributed by atoms with Gasteiger partial charge in [-0.2, -0.15) is 0 Å². The molecule has 1 heterocycles. The van der Waals surface area contributed by atoms with Crippen molar-refractivity contribution in [2.45, 2.75) is 31.5 Å². The Kier molecular flexibility index (Phi) is 5.27. The molecular formula is C16H20N4O4S. The monoisotopic (exact) mass is 364 g/mol. The van der Waals surface area contributed by atoms with E-state index in [2.05, 4.69) is 20.6 Å². The summed E-state index contributed by atoms with van der Waals surface area (Å²) in [5, 5.41) is 5.34. The summed E-state index contributed by atoms with van der Waals surface area (Å²) in [6.45, 7) is 5.33. The second kappa shape index (κ2) is 7.06. The van der Waals surface area contributed by atoms with Gasteiger partial charge in [0.25, 0.3) is 0 Å². The molecule has 134 valence electrons. The zero-order chi connectivity index (χ0) is 18.7. The summed E-state index contributed by atoms with van der Waals surface area (Å²) >= 11 is 0. The summed E-state index contributed by atoms with van der Waals surface area (Å²) < 4.78 is 28.2. The third-order valence-corrected chi connectivity index (χ3v) is 3.61. The predicted octanol–water partition coefficient (Wildman–Crippen LogP) is 2.97. The van der Waals surface area contributed by atoms with Crippen LogP contribution in [0.15, 0.2) is 41.7 Å². The molecule has 0 bridgehead atoms. The highest BCUT2D eigenvalue weighted by Gasteiger charge is 2.16. The molecule has 1 amide bonds. The molecule has 1 aromatic heterocycles. The SMILES string of the molecule is CC(C)(C)OC(=O)Nc1cccc(Nc2ccnc(S(C)(=O)=O)n2)c1. The van der Waals surface area contributed by atoms with Crippen LogP contribution in [-0.4, -0.2) is 36.3 Å². The van der Waals surface area contributed by atoms with Crippen molar-refractivity contribution in [3.8, 4) is 0 Å². The van der Waals surface area contributed by atoms with Gasteiger partial charge in [0.15, 0.2) is 0 Å². The maximum Gasteiger partial charge on any atom is 0.412 e. The quantitative estimate of drug-likeness (QED) is 0.802. The predicted molar refractivity (Wildman–Crippen MR) is 94.7 cm³/mol. The number of anilines is 3. The average Bonchev–Trinajstić information content (AvgIpc) is 2.45. The average molecular weight is 364 g/mol. The lowest BCUT2D eigenvalue weighted by atomic mass is 10.2. The molecule has 0 aliphatic carbocycles. The fourth-order valence-electron chi connectivity index (χ4n) is 1.83. The molecule has 0 saturated heterocycles. The fourth-order valence-corrected chi connectivity index (χ4v) is 2.35. The molecule has 2 aromatic rings. The lowest BCUT2D eigenvalue weighted by Gasteiger charge is -2.19. The highest BCUT2D eigenvalue weighted by atomic mass is 32.2. The molecule has 25 heavy (non-hydrogen) atoms. The molecule has 1 aromatic carbocycles. The molecule has 0 unspecified atom stereocenters. The molecule has 0 spiro atoms. The Hall–Kier alpha value is -2.68. The number of carbonyl (C=O) groups excluding carboxylic acids is 1. The van der Waals surface area contributed by atoms with E-state index in [0.29, 0.717) is 17.2 Å². The zero-order valence-corrected chi connectivity index (χ0v) is 15.2. The lowest BCUT2D eigenvalue weighted by molar-refractivity contribution is 0.0636. The van der Waals surface area contributed by atoms with Crippen LogP contribution in [0.5, 0.6) is 0 Å². The van der Waals surface area contributed by atoms with Crippen LogP contribution >= 0.6 is 0 Å². The number of sulfone groups is 1. The zero-order valence-electron chi connectivity index (χ0n) is 14.4. The molecule has 0 aliphatic rings. The van der Waals surface area contributed by atoms with Gasteiger partial charge in [-0.15, -0.1) is 0 Å². The largest absolute Gasteiger partial charge is 0.444 e. The Labute approximate surface area is 146 Å². The summed E-state index contributed by atoms with van der Waals surface area (Å²) in [5.41, 5.74) is 0.548. The van der Waals surface area contributed by atoms with E-state index in [9.17, 15) is 13.2 Å². The van der Waals surface area contributed by atoms with E-state index in [0.717, 1.165) is 6.26 Å². The lowest BCUT2D eigenvalue weighted by Crippen LogP contribution is -2.27. The van der Waals surface area contributed by atoms with Crippen molar-refractivity contribution in [2.75, 3.05) is 16.9 Å². The van der Waals surface area contributed by atoms with Gasteiger partial charge in [0, 0.05) is 23.8 Å². The van der Waals surface area contributed by atoms with Crippen molar-refractivity contribution in [3.05, 3.63) is 36.5 Å². The van der Waals surface area contributed by atoms with Gasteiger partial charge in [-0.3, -0.25) is 5.32 Å². The second-order valence-electron chi connectivity index (χ2n) is 6.33. The van der Waals surface area contributed by atoms with Crippen molar-refractivity contribution in [1.82, 2.24) is 9.97 Å². The number of hydrogen-bond acceptors (Lipinski definition) is 7. The topological polar surface area (TPSA) is 110 Å². The van der Waals surface area contributed by atoms with Crippen LogP contribution in [0.4, 0.5) is 22.0 Å². The van der Waals surface area contributed by atoms with Crippen molar-refractivity contribution in [1.29, 1.82) is 0 Å². The van der Waals surface area contributed by atoms with E-state index in [1.54, 1.807) is 51.1 Å². The van der Waals surface area contributed by atoms with Crippen molar-refractivity contribution >= 4 is 33.1 Å². The van der Waals surface area contributed by atoms with Crippen LogP contribution in [0.25, 0.3) is 0 Å². The Morgan fingerprint density at radius 3 is 2.48 bits per heavy atom. The molecule has 0 fully saturated rings. The molecule has 0 atom stereocenters. The first kappa shape index (κ1) is 18.7. The normalized spacial score (nSPS) is 11.7. The van der Waals surface area contributed by atoms with Gasteiger partial charge >= 0.3 is 6.09 Å². The number of nitrogens with one attached hydrogen (secondary N) is 2. The first-order chi connectivity index (χ1) is 11.5. The number of amides is 1. The maximum absolute atomic E-state index is 11.8. The molecular weight excluding hydrogens is 344 g/mol. The highest BCUT2D eigenvalue weighted by molar-refractivity contribution is 7.90. The number of ether oxygens (including phenoxy) is 1. The van der Waals surface area contributed by atoms with E-state index in [1.807, 2.05) is 0 Å². The van der Waals surface area contributed by atoms with Crippen LogP contribution in [0, 0.1) is 0 Å². The van der Waals surface area contributed by atoms with Crippen LogP contribution in [0.2, 0.25) is 0 Å². The maximum atomic E-state index is 11.8. The third-order valence-electron chi connectivity index (χ3n) is 2.75. The number of rotatable bonds is 4. The van der Waals surface area contributed by atoms with Gasteiger partial charge in [-0.25, -0.2) is 23.2 Å². The minimum Gasteiger partial charge on any atom is -0.444 e. The molecule has 0 aliphatic heterocycles. The number of nitrogens with zero attached hydrogens (tertiary/aromatic N) is 2. The Morgan fingerprint density at radius 1 is 1.16 bits per heavy atom. The highest BCUT2D eigenvalue weighted by Crippen LogP contribution is 2.20. The molecule has 2 N–H and O–H groups in total. The Balaban J connectivity index is 2.13. The summed E-state index contributed by atoms with van der Waals surface area (Å²) in [5.74, 6) is 0.324. The van der Waals surface area contributed by atoms with Gasteiger partial charge < -0.3 is 10.1 Å². The summed E-state index contributed by atoms with van der Waals surface area (Å²) in [6.07, 6.45) is 1.83. The van der Waals surface area contributed by atoms with Gasteiger partial charge in [-0.05, 0) is 45.0 Å². The minimum absolute atomic E-state index is 0.263. The van der Waals surface area contributed by atoms with Crippen LogP contribution < -0.4 is 10.6 Å². The van der Waals surface area contributed by atoms with Gasteiger partial charge in [0.1, 0.15) is 11.4 Å². The van der Waals surface area contributed by atoms with E-state index >= 15 is 0 Å². The molecule has 2 rings (SSSR count). The van der Waals surface area contributed by atoms with Crippen molar-refractivity contribution in [2.24, 2.45) is 0 Å². The van der Waals surface area contributed by atoms with Crippen LogP contribution in [0.1, 0.15) is 20.8 Å². The standard InChI is InChI=1S/C16H20N4O4S/c1-16(2,3)24-15(21)19-12-7-5-6-11(10-12)18-13-8-9-17-14(20-13)25(4,22)23/h5-10H,1-4H3,(H,19,21)(H,17,18,20). The number of hydrogen-bond donors (Lipinski definition) is 2. The van der Waals surface area contributed by atoms with Crippen LogP contribution in [-0.2, 0) is 14.6 Å². The van der Waals surface area contributed by atoms with Gasteiger partial charge in [0.05, 0.1) is 0 Å². The van der Waals surface area contributed by atoms with Gasteiger partial charge in [0.2, 0.25) is 15.0 Å². The molecule has 0 saturated carbocycles. The number of carbonyl (C=O) groups is 1. The molecule has 0 radical (unpaired) electrons. The minimum atomic E-state index is -3.49. The van der Waals surface area contributed by atoms with Crippen LogP contribution in [0.3, 0.4) is 0 Å². The fraction of sp³-hybridized carbons (Fsp3) is 0.312. The van der Waals surface area contributed by atoms with E-state index in [4.69, 9.17) is 4.74 Å². The Morgan fingerprint density at radius 2 is 1.84 bits per heavy atom. The van der Waals surface area contributed by atoms with E-state index < -0.39 is 21.5 Å². The second-order valence-corrected chi connectivity index (χ2v) is 8.24. The number of benzene rings is 1. The van der Waals surface area contributed by atoms with Crippen molar-refractivity contribution < 1.29 is 17.9 Å². The third kappa shape index (κ3) is 6.03. The Bertz CT molecular complexity index is 876. The van der Waals surface area contributed by atoms with E-state index in [-0.39, 0.29) is 5.16 Å². The summed E-state index contributed by atoms with van der Waals surface area (Å²) in [4.78, 5) is 19.5. The van der Waals surface area contributed by atoms with Crippen molar-refractivity contribution in [3.63, 3.8) is 0 Å². The number of aromatic nitrogens is 2. The molecule has 9 heteroatoms. The molecule has 8 nitrogen and oxygen atoms in total. The van der Waals surface area contributed by atoms with Gasteiger partial charge in [-0.1, -0.05) is 6.07 Å². The summed E-state index contributed by atoms with van der Waals surface area (Å²) in [6, 6.07) is 8.40. The first-order valence-electron chi connectivity index (χ1n) is 7.43.